The van der Waals surface area contributed by atoms with Crippen molar-refractivity contribution in [2.45, 2.75) is 16.2 Å². The summed E-state index contributed by atoms with van der Waals surface area (Å²) in [5.41, 5.74) is 5.73. The first-order chi connectivity index (χ1) is 17.3. The summed E-state index contributed by atoms with van der Waals surface area (Å²) in [5.74, 6) is 0. The normalized spacial score (nSPS) is 17.8. The van der Waals surface area contributed by atoms with Crippen molar-refractivity contribution < 1.29 is 0 Å². The van der Waals surface area contributed by atoms with Gasteiger partial charge in [-0.2, -0.15) is 10.2 Å². The Morgan fingerprint density at radius 2 is 1.54 bits per heavy atom. The fourth-order valence-corrected chi connectivity index (χ4v) is 5.80. The third-order valence-electron chi connectivity index (χ3n) is 6.06. The van der Waals surface area contributed by atoms with E-state index in [0.29, 0.717) is 10.7 Å². The van der Waals surface area contributed by atoms with Crippen LogP contribution >= 0.6 is 23.4 Å². The zero-order valence-corrected chi connectivity index (χ0v) is 20.2. The van der Waals surface area contributed by atoms with Gasteiger partial charge in [-0.3, -0.25) is 0 Å². The fourth-order valence-electron chi connectivity index (χ4n) is 4.36. The largest absolute Gasteiger partial charge is 0.360 e. The Balaban J connectivity index is 1.58. The highest BCUT2D eigenvalue weighted by Gasteiger charge is 2.34. The predicted molar refractivity (Wildman–Crippen MR) is 146 cm³/mol. The highest BCUT2D eigenvalue weighted by Crippen LogP contribution is 2.47. The average molecular weight is 493 g/mol. The molecule has 1 aliphatic rings. The monoisotopic (exact) mass is 492 g/mol. The number of aromatic nitrogens is 1. The molecule has 0 radical (unpaired) electrons. The second kappa shape index (κ2) is 9.53. The van der Waals surface area contributed by atoms with Gasteiger partial charge in [0.05, 0.1) is 21.7 Å². The smallest absolute Gasteiger partial charge is 0.130 e. The van der Waals surface area contributed by atoms with Crippen molar-refractivity contribution in [2.24, 2.45) is 15.2 Å². The first kappa shape index (κ1) is 21.8. The zero-order chi connectivity index (χ0) is 23.6. The lowest BCUT2D eigenvalue weighted by atomic mass is 9.96. The standard InChI is InChI=1S/C29H21ClN4S/c30-22-13-5-7-15-24(22)33-34-28-27(21-18-31-23-14-6-4-12-20(21)23)32-25-16-8-9-17-26(25)35-29(28)19-10-2-1-3-11-19/h1-18,28-29,31H. The van der Waals surface area contributed by atoms with E-state index in [0.717, 1.165) is 32.8 Å². The second-order valence-electron chi connectivity index (χ2n) is 8.27. The van der Waals surface area contributed by atoms with Crippen LogP contribution in [0.15, 0.2) is 129 Å². The van der Waals surface area contributed by atoms with Crippen LogP contribution in [0, 0.1) is 0 Å². The summed E-state index contributed by atoms with van der Waals surface area (Å²) in [4.78, 5) is 9.74. The van der Waals surface area contributed by atoms with E-state index in [-0.39, 0.29) is 11.3 Å². The molecule has 4 aromatic carbocycles. The molecule has 1 aromatic heterocycles. The molecule has 2 heterocycles. The van der Waals surface area contributed by atoms with Gasteiger partial charge in [0.15, 0.2) is 0 Å². The number of thioether (sulfide) groups is 1. The van der Waals surface area contributed by atoms with E-state index in [1.807, 2.05) is 48.7 Å². The number of halogens is 1. The summed E-state index contributed by atoms with van der Waals surface area (Å²) in [6.07, 6.45) is 2.03. The molecule has 2 unspecified atom stereocenters. The average Bonchev–Trinajstić information content (AvgIpc) is 3.26. The Labute approximate surface area is 212 Å². The maximum atomic E-state index is 6.42. The molecule has 35 heavy (non-hydrogen) atoms. The fraction of sp³-hybridized carbons (Fsp3) is 0.0690. The molecule has 6 heteroatoms. The van der Waals surface area contributed by atoms with Crippen molar-refractivity contribution in [3.05, 3.63) is 125 Å². The molecule has 0 aliphatic carbocycles. The molecule has 0 saturated carbocycles. The summed E-state index contributed by atoms with van der Waals surface area (Å²) in [6.45, 7) is 0. The molecule has 0 saturated heterocycles. The number of benzene rings is 4. The van der Waals surface area contributed by atoms with Crippen LogP contribution in [0.4, 0.5) is 11.4 Å². The number of nitrogens with one attached hydrogen (secondary N) is 1. The van der Waals surface area contributed by atoms with Gasteiger partial charge < -0.3 is 4.98 Å². The van der Waals surface area contributed by atoms with Crippen molar-refractivity contribution in [1.82, 2.24) is 4.98 Å². The van der Waals surface area contributed by atoms with Crippen LogP contribution in [0.3, 0.4) is 0 Å². The highest BCUT2D eigenvalue weighted by molar-refractivity contribution is 7.99. The molecule has 4 nitrogen and oxygen atoms in total. The molecule has 1 aliphatic heterocycles. The van der Waals surface area contributed by atoms with Crippen molar-refractivity contribution in [3.63, 3.8) is 0 Å². The lowest BCUT2D eigenvalue weighted by Gasteiger charge is -2.23. The number of aliphatic imine (C=N–C) groups is 1. The number of H-pyrrole nitrogens is 1. The maximum Gasteiger partial charge on any atom is 0.130 e. The summed E-state index contributed by atoms with van der Waals surface area (Å²) < 4.78 is 0. The molecule has 0 spiro atoms. The molecule has 0 amide bonds. The Morgan fingerprint density at radius 1 is 0.800 bits per heavy atom. The first-order valence-electron chi connectivity index (χ1n) is 11.4. The minimum absolute atomic E-state index is 0.0292. The van der Waals surface area contributed by atoms with Crippen LogP contribution in [0.5, 0.6) is 0 Å². The van der Waals surface area contributed by atoms with Crippen LogP contribution in [-0.2, 0) is 0 Å². The van der Waals surface area contributed by atoms with Gasteiger partial charge in [0, 0.05) is 27.6 Å². The van der Waals surface area contributed by atoms with E-state index in [9.17, 15) is 0 Å². The maximum absolute atomic E-state index is 6.42. The van der Waals surface area contributed by atoms with Gasteiger partial charge in [-0.1, -0.05) is 84.4 Å². The van der Waals surface area contributed by atoms with E-state index >= 15 is 0 Å². The number of nitrogens with zero attached hydrogens (tertiary/aromatic N) is 3. The molecule has 1 N–H and O–H groups in total. The molecule has 0 bridgehead atoms. The quantitative estimate of drug-likeness (QED) is 0.250. The lowest BCUT2D eigenvalue weighted by Crippen LogP contribution is -2.24. The van der Waals surface area contributed by atoms with Gasteiger partial charge in [-0.15, -0.1) is 11.8 Å². The number of rotatable bonds is 4. The van der Waals surface area contributed by atoms with E-state index in [1.165, 1.54) is 5.56 Å². The van der Waals surface area contributed by atoms with Crippen LogP contribution in [0.1, 0.15) is 16.4 Å². The molecular weight excluding hydrogens is 472 g/mol. The number of hydrogen-bond donors (Lipinski definition) is 1. The first-order valence-corrected chi connectivity index (χ1v) is 12.6. The Hall–Kier alpha value is -3.67. The van der Waals surface area contributed by atoms with Crippen LogP contribution in [0.25, 0.3) is 10.9 Å². The second-order valence-corrected chi connectivity index (χ2v) is 9.86. The van der Waals surface area contributed by atoms with Crippen molar-refractivity contribution in [1.29, 1.82) is 0 Å². The van der Waals surface area contributed by atoms with E-state index in [1.54, 1.807) is 11.8 Å². The van der Waals surface area contributed by atoms with E-state index in [4.69, 9.17) is 21.7 Å². The van der Waals surface area contributed by atoms with Gasteiger partial charge in [-0.05, 0) is 35.9 Å². The van der Waals surface area contributed by atoms with Crippen LogP contribution in [-0.4, -0.2) is 16.7 Å². The number of hydrogen-bond acceptors (Lipinski definition) is 4. The Kier molecular flexibility index (Phi) is 5.94. The van der Waals surface area contributed by atoms with Gasteiger partial charge in [0.25, 0.3) is 0 Å². The third kappa shape index (κ3) is 4.29. The Bertz CT molecular complexity index is 1560. The molecular formula is C29H21ClN4S. The molecule has 0 fully saturated rings. The molecule has 170 valence electrons. The van der Waals surface area contributed by atoms with E-state index < -0.39 is 0 Å². The van der Waals surface area contributed by atoms with Crippen molar-refractivity contribution in [3.8, 4) is 0 Å². The SMILES string of the molecule is Clc1ccccc1N=NC1C(c2c[nH]c3ccccc23)=Nc2ccccc2SC1c1ccccc1. The third-order valence-corrected chi connectivity index (χ3v) is 7.77. The summed E-state index contributed by atoms with van der Waals surface area (Å²) in [6, 6.07) is 34.2. The number of para-hydroxylation sites is 2. The topological polar surface area (TPSA) is 52.9 Å². The van der Waals surface area contributed by atoms with Crippen LogP contribution < -0.4 is 0 Å². The van der Waals surface area contributed by atoms with Gasteiger partial charge in [0.1, 0.15) is 11.7 Å². The highest BCUT2D eigenvalue weighted by atomic mass is 35.5. The van der Waals surface area contributed by atoms with Gasteiger partial charge in [-0.25, -0.2) is 4.99 Å². The zero-order valence-electron chi connectivity index (χ0n) is 18.7. The molecule has 5 aromatic rings. The summed E-state index contributed by atoms with van der Waals surface area (Å²) >= 11 is 8.19. The number of fused-ring (bicyclic) bond motifs is 2. The van der Waals surface area contributed by atoms with Crippen molar-refractivity contribution in [2.75, 3.05) is 0 Å². The van der Waals surface area contributed by atoms with Crippen LogP contribution in [0.2, 0.25) is 5.02 Å². The minimum atomic E-state index is -0.342. The molecule has 6 rings (SSSR count). The van der Waals surface area contributed by atoms with Gasteiger partial charge in [0.2, 0.25) is 0 Å². The summed E-state index contributed by atoms with van der Waals surface area (Å²) in [5, 5.41) is 11.2. The predicted octanol–water partition coefficient (Wildman–Crippen LogP) is 8.94. The lowest BCUT2D eigenvalue weighted by molar-refractivity contribution is 0.785. The summed E-state index contributed by atoms with van der Waals surface area (Å²) in [7, 11) is 0. The van der Waals surface area contributed by atoms with Gasteiger partial charge >= 0.3 is 0 Å². The number of azo groups is 1. The number of aromatic amines is 1. The minimum Gasteiger partial charge on any atom is -0.360 e. The van der Waals surface area contributed by atoms with E-state index in [2.05, 4.69) is 70.8 Å². The Morgan fingerprint density at radius 3 is 2.43 bits per heavy atom. The van der Waals surface area contributed by atoms with Crippen molar-refractivity contribution >= 4 is 51.4 Å². The molecule has 2 atom stereocenters.